The molecular formula is C31H39ClF2IN3O2. The van der Waals surface area contributed by atoms with Gasteiger partial charge in [0.2, 0.25) is 0 Å². The van der Waals surface area contributed by atoms with E-state index in [0.29, 0.717) is 17.7 Å². The minimum absolute atomic E-state index is 0. The number of aliphatic hydroxyl groups excluding tert-OH is 1. The van der Waals surface area contributed by atoms with E-state index in [-0.39, 0.29) is 31.3 Å². The SMILES string of the molecule is CCCCN(C)Cc1cc(C)cc(C(=O)N[C@@H](Cc2cc(F)cc(F)c2)[C@H](O)CNCc2cccc(I)c2)c1.Cl. The molecule has 0 aliphatic heterocycles. The second-order valence-corrected chi connectivity index (χ2v) is 11.4. The van der Waals surface area contributed by atoms with Gasteiger partial charge in [0, 0.05) is 34.8 Å². The van der Waals surface area contributed by atoms with Crippen molar-refractivity contribution < 1.29 is 18.7 Å². The van der Waals surface area contributed by atoms with Gasteiger partial charge in [0.15, 0.2) is 0 Å². The fourth-order valence-electron chi connectivity index (χ4n) is 4.57. The van der Waals surface area contributed by atoms with Crippen LogP contribution < -0.4 is 10.6 Å². The van der Waals surface area contributed by atoms with E-state index in [1.807, 2.05) is 43.3 Å². The number of amides is 1. The number of hydrogen-bond acceptors (Lipinski definition) is 4. The highest BCUT2D eigenvalue weighted by Crippen LogP contribution is 2.16. The van der Waals surface area contributed by atoms with Gasteiger partial charge in [0.05, 0.1) is 12.1 Å². The van der Waals surface area contributed by atoms with Crippen LogP contribution >= 0.6 is 35.0 Å². The van der Waals surface area contributed by atoms with Gasteiger partial charge in [-0.1, -0.05) is 37.1 Å². The Hall–Kier alpha value is -2.11. The molecule has 0 aliphatic carbocycles. The lowest BCUT2D eigenvalue weighted by atomic mass is 9.99. The van der Waals surface area contributed by atoms with Crippen LogP contribution in [0.1, 0.15) is 52.4 Å². The normalized spacial score (nSPS) is 12.6. The average molecular weight is 686 g/mol. The smallest absolute Gasteiger partial charge is 0.251 e. The summed E-state index contributed by atoms with van der Waals surface area (Å²) in [6, 6.07) is 16.2. The first-order valence-corrected chi connectivity index (χ1v) is 14.4. The molecule has 9 heteroatoms. The van der Waals surface area contributed by atoms with Crippen molar-refractivity contribution in [3.05, 3.63) is 104 Å². The monoisotopic (exact) mass is 685 g/mol. The largest absolute Gasteiger partial charge is 0.390 e. The molecular weight excluding hydrogens is 647 g/mol. The third-order valence-electron chi connectivity index (χ3n) is 6.48. The lowest BCUT2D eigenvalue weighted by Gasteiger charge is -2.25. The third-order valence-corrected chi connectivity index (χ3v) is 7.15. The Kier molecular flexibility index (Phi) is 14.5. The lowest BCUT2D eigenvalue weighted by Crippen LogP contribution is -2.48. The van der Waals surface area contributed by atoms with Crippen molar-refractivity contribution in [2.75, 3.05) is 20.1 Å². The van der Waals surface area contributed by atoms with E-state index in [4.69, 9.17) is 0 Å². The number of carbonyl (C=O) groups is 1. The van der Waals surface area contributed by atoms with Crippen molar-refractivity contribution >= 4 is 40.9 Å². The molecule has 0 heterocycles. The van der Waals surface area contributed by atoms with Crippen LogP contribution in [0.2, 0.25) is 0 Å². The van der Waals surface area contributed by atoms with E-state index in [0.717, 1.165) is 52.3 Å². The number of aliphatic hydroxyl groups is 1. The summed E-state index contributed by atoms with van der Waals surface area (Å²) < 4.78 is 28.9. The first kappa shape index (κ1) is 34.1. The Morgan fingerprint density at radius 1 is 1.02 bits per heavy atom. The van der Waals surface area contributed by atoms with Crippen molar-refractivity contribution in [2.45, 2.75) is 58.3 Å². The van der Waals surface area contributed by atoms with Crippen molar-refractivity contribution in [2.24, 2.45) is 0 Å². The highest BCUT2D eigenvalue weighted by molar-refractivity contribution is 14.1. The first-order valence-electron chi connectivity index (χ1n) is 13.3. The van der Waals surface area contributed by atoms with Gasteiger partial charge >= 0.3 is 0 Å². The van der Waals surface area contributed by atoms with Crippen LogP contribution in [0.5, 0.6) is 0 Å². The molecule has 0 spiro atoms. The number of nitrogens with zero attached hydrogens (tertiary/aromatic N) is 1. The predicted molar refractivity (Wildman–Crippen MR) is 168 cm³/mol. The van der Waals surface area contributed by atoms with Crippen LogP contribution in [0, 0.1) is 22.1 Å². The van der Waals surface area contributed by atoms with Crippen molar-refractivity contribution in [3.63, 3.8) is 0 Å². The molecule has 0 radical (unpaired) electrons. The fraction of sp³-hybridized carbons (Fsp3) is 0.387. The molecule has 218 valence electrons. The third kappa shape index (κ3) is 11.4. The van der Waals surface area contributed by atoms with Crippen LogP contribution in [-0.4, -0.2) is 48.2 Å². The molecule has 0 unspecified atom stereocenters. The molecule has 2 atom stereocenters. The molecule has 3 aromatic carbocycles. The van der Waals surface area contributed by atoms with Gasteiger partial charge in [0.25, 0.3) is 5.91 Å². The quantitative estimate of drug-likeness (QED) is 0.182. The molecule has 3 aromatic rings. The number of halogens is 4. The summed E-state index contributed by atoms with van der Waals surface area (Å²) in [7, 11) is 2.06. The van der Waals surface area contributed by atoms with Crippen molar-refractivity contribution in [1.29, 1.82) is 0 Å². The summed E-state index contributed by atoms with van der Waals surface area (Å²) in [4.78, 5) is 15.6. The summed E-state index contributed by atoms with van der Waals surface area (Å²) in [6.07, 6.45) is 1.30. The minimum Gasteiger partial charge on any atom is -0.390 e. The topological polar surface area (TPSA) is 64.6 Å². The van der Waals surface area contributed by atoms with Crippen LogP contribution in [0.3, 0.4) is 0 Å². The number of unbranched alkanes of at least 4 members (excludes halogenated alkanes) is 1. The Balaban J connectivity index is 0.00000560. The van der Waals surface area contributed by atoms with Crippen LogP contribution in [0.4, 0.5) is 8.78 Å². The molecule has 3 N–H and O–H groups in total. The zero-order valence-corrected chi connectivity index (χ0v) is 26.2. The van der Waals surface area contributed by atoms with E-state index in [1.165, 1.54) is 12.1 Å². The molecule has 5 nitrogen and oxygen atoms in total. The Morgan fingerprint density at radius 3 is 2.42 bits per heavy atom. The number of carbonyl (C=O) groups excluding carboxylic acids is 1. The lowest BCUT2D eigenvalue weighted by molar-refractivity contribution is 0.0829. The van der Waals surface area contributed by atoms with Crippen LogP contribution in [-0.2, 0) is 19.5 Å². The molecule has 0 saturated heterocycles. The van der Waals surface area contributed by atoms with Crippen LogP contribution in [0.15, 0.2) is 60.7 Å². The zero-order chi connectivity index (χ0) is 28.4. The van der Waals surface area contributed by atoms with E-state index in [1.54, 1.807) is 0 Å². The predicted octanol–water partition coefficient (Wildman–Crippen LogP) is 6.02. The second-order valence-electron chi connectivity index (χ2n) is 10.2. The molecule has 40 heavy (non-hydrogen) atoms. The van der Waals surface area contributed by atoms with E-state index < -0.39 is 23.8 Å². The second kappa shape index (κ2) is 17.0. The standard InChI is InChI=1S/C31H38F2IN3O2.ClH/c1-4-5-9-37(3)20-24-10-21(2)11-25(12-24)31(39)36-29(16-23-13-26(32)17-27(33)14-23)30(38)19-35-18-22-7-6-8-28(34)15-22;/h6-8,10-15,17,29-30,35,38H,4-5,9,16,18-20H2,1-3H3,(H,36,39);1H/t29-,30+;/m0./s1. The molecule has 0 aliphatic rings. The van der Waals surface area contributed by atoms with E-state index >= 15 is 0 Å². The molecule has 0 fully saturated rings. The van der Waals surface area contributed by atoms with Crippen LogP contribution in [0.25, 0.3) is 0 Å². The van der Waals surface area contributed by atoms with Crippen molar-refractivity contribution in [1.82, 2.24) is 15.5 Å². The molecule has 1 amide bonds. The van der Waals surface area contributed by atoms with Gasteiger partial charge in [0.1, 0.15) is 11.6 Å². The summed E-state index contributed by atoms with van der Waals surface area (Å²) >= 11 is 2.25. The highest BCUT2D eigenvalue weighted by Gasteiger charge is 2.23. The Morgan fingerprint density at radius 2 is 1.75 bits per heavy atom. The maximum atomic E-state index is 13.9. The van der Waals surface area contributed by atoms with E-state index in [9.17, 15) is 18.7 Å². The summed E-state index contributed by atoms with van der Waals surface area (Å²) in [5, 5.41) is 17.2. The Bertz CT molecular complexity index is 1230. The number of nitrogens with one attached hydrogen (secondary N) is 2. The van der Waals surface area contributed by atoms with Gasteiger partial charge in [-0.05, 0) is 109 Å². The number of aryl methyl sites for hydroxylation is 1. The molecule has 3 rings (SSSR count). The van der Waals surface area contributed by atoms with Gasteiger partial charge in [-0.3, -0.25) is 4.79 Å². The number of hydrogen-bond donors (Lipinski definition) is 3. The van der Waals surface area contributed by atoms with Gasteiger partial charge < -0.3 is 20.6 Å². The maximum absolute atomic E-state index is 13.9. The molecule has 0 bridgehead atoms. The summed E-state index contributed by atoms with van der Waals surface area (Å²) in [6.45, 7) is 6.52. The maximum Gasteiger partial charge on any atom is 0.251 e. The fourth-order valence-corrected chi connectivity index (χ4v) is 5.18. The first-order chi connectivity index (χ1) is 18.6. The van der Waals surface area contributed by atoms with E-state index in [2.05, 4.69) is 58.2 Å². The van der Waals surface area contributed by atoms with Gasteiger partial charge in [-0.15, -0.1) is 12.4 Å². The van der Waals surface area contributed by atoms with Crippen molar-refractivity contribution in [3.8, 4) is 0 Å². The van der Waals surface area contributed by atoms with Gasteiger partial charge in [-0.25, -0.2) is 8.78 Å². The molecule has 0 aromatic heterocycles. The Labute approximate surface area is 256 Å². The van der Waals surface area contributed by atoms with Gasteiger partial charge in [-0.2, -0.15) is 0 Å². The number of rotatable bonds is 14. The molecule has 0 saturated carbocycles. The average Bonchev–Trinajstić information content (AvgIpc) is 2.86. The number of benzene rings is 3. The summed E-state index contributed by atoms with van der Waals surface area (Å²) in [5.41, 5.74) is 3.91. The summed E-state index contributed by atoms with van der Waals surface area (Å²) in [5.74, 6) is -1.73. The highest BCUT2D eigenvalue weighted by atomic mass is 127. The minimum atomic E-state index is -0.993. The zero-order valence-electron chi connectivity index (χ0n) is 23.2.